The Bertz CT molecular complexity index is 513. The van der Waals surface area contributed by atoms with Crippen molar-refractivity contribution in [1.29, 1.82) is 0 Å². The van der Waals surface area contributed by atoms with Gasteiger partial charge in [0.05, 0.1) is 11.8 Å². The van der Waals surface area contributed by atoms with Crippen molar-refractivity contribution in [2.24, 2.45) is 0 Å². The first-order valence-electron chi connectivity index (χ1n) is 5.71. The van der Waals surface area contributed by atoms with Crippen LogP contribution in [-0.2, 0) is 6.54 Å². The Labute approximate surface area is 104 Å². The van der Waals surface area contributed by atoms with Gasteiger partial charge in [0, 0.05) is 19.2 Å². The zero-order valence-electron chi connectivity index (χ0n) is 10.1. The molecule has 4 nitrogen and oxygen atoms in total. The van der Waals surface area contributed by atoms with Gasteiger partial charge in [0.25, 0.3) is 0 Å². The number of hydrogen-bond donors (Lipinski definition) is 2. The van der Waals surface area contributed by atoms with Crippen molar-refractivity contribution >= 4 is 0 Å². The molecule has 0 saturated carbocycles. The first-order chi connectivity index (χ1) is 8.65. The fourth-order valence-electron chi connectivity index (χ4n) is 1.67. The number of aliphatic hydroxyl groups is 1. The summed E-state index contributed by atoms with van der Waals surface area (Å²) in [6, 6.07) is 7.76. The number of rotatable bonds is 5. The van der Waals surface area contributed by atoms with Gasteiger partial charge in [-0.2, -0.15) is 0 Å². The predicted octanol–water partition coefficient (Wildman–Crippen LogP) is 1.95. The van der Waals surface area contributed by atoms with Gasteiger partial charge in [-0.15, -0.1) is 0 Å². The van der Waals surface area contributed by atoms with E-state index in [1.54, 1.807) is 12.1 Å². The lowest BCUT2D eigenvalue weighted by atomic mass is 10.1. The average Bonchev–Trinajstić information content (AvgIpc) is 2.75. The summed E-state index contributed by atoms with van der Waals surface area (Å²) in [6.45, 7) is 2.65. The summed E-state index contributed by atoms with van der Waals surface area (Å²) in [5, 5.41) is 16.7. The van der Waals surface area contributed by atoms with Crippen LogP contribution in [0, 0.1) is 12.7 Å². The molecule has 0 aliphatic rings. The fourth-order valence-corrected chi connectivity index (χ4v) is 1.67. The standard InChI is InChI=1S/C13H15FN2O2/c1-9-5-12(16-18-9)7-15-8-13(17)10-3-2-4-11(14)6-10/h2-6,13,15,17H,7-8H2,1H3. The Balaban J connectivity index is 1.83. The number of nitrogens with one attached hydrogen (secondary N) is 1. The summed E-state index contributed by atoms with van der Waals surface area (Å²) in [5.74, 6) is 0.399. The van der Waals surface area contributed by atoms with Crippen LogP contribution in [0.4, 0.5) is 4.39 Å². The van der Waals surface area contributed by atoms with Crippen LogP contribution in [0.25, 0.3) is 0 Å². The monoisotopic (exact) mass is 250 g/mol. The van der Waals surface area contributed by atoms with Gasteiger partial charge in [-0.1, -0.05) is 17.3 Å². The van der Waals surface area contributed by atoms with E-state index in [1.165, 1.54) is 12.1 Å². The predicted molar refractivity (Wildman–Crippen MR) is 64.3 cm³/mol. The highest BCUT2D eigenvalue weighted by Crippen LogP contribution is 2.13. The van der Waals surface area contributed by atoms with Crippen LogP contribution in [0.15, 0.2) is 34.9 Å². The van der Waals surface area contributed by atoms with E-state index in [0.29, 0.717) is 18.7 Å². The van der Waals surface area contributed by atoms with E-state index in [-0.39, 0.29) is 5.82 Å². The molecule has 2 aromatic rings. The molecule has 0 aliphatic heterocycles. The highest BCUT2D eigenvalue weighted by atomic mass is 19.1. The lowest BCUT2D eigenvalue weighted by Gasteiger charge is -2.11. The molecule has 0 spiro atoms. The van der Waals surface area contributed by atoms with Crippen LogP contribution < -0.4 is 5.32 Å². The van der Waals surface area contributed by atoms with Gasteiger partial charge in [0.1, 0.15) is 11.6 Å². The van der Waals surface area contributed by atoms with Crippen molar-refractivity contribution in [2.75, 3.05) is 6.54 Å². The smallest absolute Gasteiger partial charge is 0.133 e. The second-order valence-corrected chi connectivity index (χ2v) is 4.13. The molecule has 5 heteroatoms. The third kappa shape index (κ3) is 3.38. The van der Waals surface area contributed by atoms with Crippen molar-refractivity contribution in [3.63, 3.8) is 0 Å². The van der Waals surface area contributed by atoms with E-state index in [9.17, 15) is 9.50 Å². The van der Waals surface area contributed by atoms with Crippen molar-refractivity contribution in [3.8, 4) is 0 Å². The maximum Gasteiger partial charge on any atom is 0.133 e. The molecule has 0 amide bonds. The molecule has 1 heterocycles. The fraction of sp³-hybridized carbons (Fsp3) is 0.308. The first-order valence-corrected chi connectivity index (χ1v) is 5.71. The van der Waals surface area contributed by atoms with E-state index >= 15 is 0 Å². The molecule has 0 saturated heterocycles. The van der Waals surface area contributed by atoms with Crippen LogP contribution >= 0.6 is 0 Å². The summed E-state index contributed by atoms with van der Waals surface area (Å²) >= 11 is 0. The number of hydrogen-bond acceptors (Lipinski definition) is 4. The zero-order chi connectivity index (χ0) is 13.0. The third-order valence-electron chi connectivity index (χ3n) is 2.55. The Morgan fingerprint density at radius 3 is 2.94 bits per heavy atom. The van der Waals surface area contributed by atoms with Gasteiger partial charge in [-0.05, 0) is 24.6 Å². The highest BCUT2D eigenvalue weighted by Gasteiger charge is 2.08. The molecule has 18 heavy (non-hydrogen) atoms. The van der Waals surface area contributed by atoms with Crippen molar-refractivity contribution in [3.05, 3.63) is 53.2 Å². The van der Waals surface area contributed by atoms with Crippen LogP contribution in [0.1, 0.15) is 23.1 Å². The maximum atomic E-state index is 13.0. The lowest BCUT2D eigenvalue weighted by molar-refractivity contribution is 0.173. The minimum absolute atomic E-state index is 0.329. The maximum absolute atomic E-state index is 13.0. The molecule has 1 unspecified atom stereocenters. The van der Waals surface area contributed by atoms with Crippen LogP contribution in [0.3, 0.4) is 0 Å². The Morgan fingerprint density at radius 2 is 2.28 bits per heavy atom. The van der Waals surface area contributed by atoms with E-state index in [2.05, 4.69) is 10.5 Å². The van der Waals surface area contributed by atoms with Gasteiger partial charge in [-0.3, -0.25) is 0 Å². The van der Waals surface area contributed by atoms with E-state index < -0.39 is 6.10 Å². The summed E-state index contributed by atoms with van der Waals surface area (Å²) in [4.78, 5) is 0. The molecule has 1 aromatic heterocycles. The summed E-state index contributed by atoms with van der Waals surface area (Å²) < 4.78 is 17.9. The molecule has 0 aliphatic carbocycles. The Hall–Kier alpha value is -1.72. The number of aliphatic hydroxyl groups excluding tert-OH is 1. The van der Waals surface area contributed by atoms with E-state index in [1.807, 2.05) is 13.0 Å². The molecule has 2 N–H and O–H groups in total. The molecule has 2 rings (SSSR count). The molecule has 0 fully saturated rings. The molecule has 96 valence electrons. The molecule has 0 bridgehead atoms. The number of halogens is 1. The zero-order valence-corrected chi connectivity index (χ0v) is 10.1. The summed E-state index contributed by atoms with van der Waals surface area (Å²) in [7, 11) is 0. The second-order valence-electron chi connectivity index (χ2n) is 4.13. The van der Waals surface area contributed by atoms with Gasteiger partial charge < -0.3 is 14.9 Å². The quantitative estimate of drug-likeness (QED) is 0.851. The van der Waals surface area contributed by atoms with E-state index in [4.69, 9.17) is 4.52 Å². The van der Waals surface area contributed by atoms with Crippen molar-refractivity contribution < 1.29 is 14.0 Å². The van der Waals surface area contributed by atoms with Gasteiger partial charge in [-0.25, -0.2) is 4.39 Å². The largest absolute Gasteiger partial charge is 0.387 e. The van der Waals surface area contributed by atoms with Crippen molar-refractivity contribution in [1.82, 2.24) is 10.5 Å². The minimum Gasteiger partial charge on any atom is -0.387 e. The van der Waals surface area contributed by atoms with Crippen molar-refractivity contribution in [2.45, 2.75) is 19.6 Å². The third-order valence-corrected chi connectivity index (χ3v) is 2.55. The molecular formula is C13H15FN2O2. The second kappa shape index (κ2) is 5.75. The first kappa shape index (κ1) is 12.7. The topological polar surface area (TPSA) is 58.3 Å². The number of benzene rings is 1. The van der Waals surface area contributed by atoms with Crippen LogP contribution in [0.5, 0.6) is 0 Å². The molecule has 0 radical (unpaired) electrons. The van der Waals surface area contributed by atoms with Gasteiger partial charge in [0.2, 0.25) is 0 Å². The Kier molecular flexibility index (Phi) is 4.07. The number of nitrogens with zero attached hydrogens (tertiary/aromatic N) is 1. The normalized spacial score (nSPS) is 12.6. The number of aryl methyl sites for hydroxylation is 1. The van der Waals surface area contributed by atoms with Gasteiger partial charge in [0.15, 0.2) is 0 Å². The molecular weight excluding hydrogens is 235 g/mol. The molecule has 1 aromatic carbocycles. The summed E-state index contributed by atoms with van der Waals surface area (Å²) in [6.07, 6.45) is -0.742. The SMILES string of the molecule is Cc1cc(CNCC(O)c2cccc(F)c2)no1. The van der Waals surface area contributed by atoms with E-state index in [0.717, 1.165) is 11.5 Å². The minimum atomic E-state index is -0.742. The molecule has 1 atom stereocenters. The highest BCUT2D eigenvalue weighted by molar-refractivity contribution is 5.19. The summed E-state index contributed by atoms with van der Waals surface area (Å²) in [5.41, 5.74) is 1.33. The average molecular weight is 250 g/mol. The van der Waals surface area contributed by atoms with Crippen LogP contribution in [0.2, 0.25) is 0 Å². The van der Waals surface area contributed by atoms with Crippen LogP contribution in [-0.4, -0.2) is 16.8 Å². The lowest BCUT2D eigenvalue weighted by Crippen LogP contribution is -2.21. The number of aromatic nitrogens is 1. The Morgan fingerprint density at radius 1 is 1.44 bits per heavy atom. The van der Waals surface area contributed by atoms with Gasteiger partial charge >= 0.3 is 0 Å².